The van der Waals surface area contributed by atoms with Crippen molar-refractivity contribution in [2.75, 3.05) is 46.0 Å². The van der Waals surface area contributed by atoms with Crippen molar-refractivity contribution in [1.82, 2.24) is 24.6 Å². The summed E-state index contributed by atoms with van der Waals surface area (Å²) >= 11 is 0. The number of carbonyl (C=O) groups is 1. The number of nitrogens with one attached hydrogen (secondary N) is 1. The molecule has 0 atom stereocenters. The molecule has 0 fully saturated rings. The van der Waals surface area contributed by atoms with Crippen LogP contribution in [0.1, 0.15) is 5.82 Å². The van der Waals surface area contributed by atoms with Crippen LogP contribution in [0, 0.1) is 0 Å². The van der Waals surface area contributed by atoms with Crippen molar-refractivity contribution in [3.63, 3.8) is 0 Å². The molecule has 1 aromatic heterocycles. The molecule has 1 rings (SSSR count). The van der Waals surface area contributed by atoms with Crippen molar-refractivity contribution >= 4 is 21.9 Å². The lowest BCUT2D eigenvalue weighted by atomic mass is 10.5. The largest absolute Gasteiger partial charge is 0.467 e. The number of carbonyl (C=O) groups excluding carboxylic acids is 1. The highest BCUT2D eigenvalue weighted by atomic mass is 32.2. The summed E-state index contributed by atoms with van der Waals surface area (Å²) in [6.45, 7) is -0.238. The van der Waals surface area contributed by atoms with Crippen LogP contribution in [-0.4, -0.2) is 74.6 Å². The van der Waals surface area contributed by atoms with E-state index in [1.54, 1.807) is 19.0 Å². The van der Waals surface area contributed by atoms with Gasteiger partial charge in [-0.25, -0.2) is 8.42 Å². The molecular weight excluding hydrogens is 312 g/mol. The van der Waals surface area contributed by atoms with Crippen LogP contribution in [0.5, 0.6) is 6.01 Å². The summed E-state index contributed by atoms with van der Waals surface area (Å²) in [5.41, 5.74) is 0. The zero-order valence-electron chi connectivity index (χ0n) is 13.2. The molecule has 1 heterocycles. The van der Waals surface area contributed by atoms with E-state index in [4.69, 9.17) is 4.74 Å². The summed E-state index contributed by atoms with van der Waals surface area (Å²) in [4.78, 5) is 25.6. The summed E-state index contributed by atoms with van der Waals surface area (Å²) < 4.78 is 28.4. The maximum Gasteiger partial charge on any atom is 0.321 e. The van der Waals surface area contributed by atoms with Crippen molar-refractivity contribution in [2.24, 2.45) is 0 Å². The Bertz CT molecular complexity index is 633. The summed E-state index contributed by atoms with van der Waals surface area (Å²) in [5.74, 6) is 0.244. The number of rotatable bonds is 7. The summed E-state index contributed by atoms with van der Waals surface area (Å²) in [5, 5.41) is 2.55. The first-order valence-corrected chi connectivity index (χ1v) is 8.12. The standard InChI is InChI=1S/C11H20N6O4S/c1-16(2)10-13-8(14-11(15-10)21-4)6-12-9(18)7-17(3)22(5,19)20/h6-7H2,1-5H3,(H,12,18). The van der Waals surface area contributed by atoms with Crippen molar-refractivity contribution < 1.29 is 17.9 Å². The van der Waals surface area contributed by atoms with Crippen LogP contribution in [0.25, 0.3) is 0 Å². The van der Waals surface area contributed by atoms with Crippen molar-refractivity contribution in [1.29, 1.82) is 0 Å². The zero-order chi connectivity index (χ0) is 16.9. The molecule has 1 amide bonds. The first-order chi connectivity index (χ1) is 10.1. The third kappa shape index (κ3) is 5.41. The number of sulfonamides is 1. The third-order valence-corrected chi connectivity index (χ3v) is 3.87. The number of methoxy groups -OCH3 is 1. The number of hydrogen-bond donors (Lipinski definition) is 1. The van der Waals surface area contributed by atoms with E-state index in [1.807, 2.05) is 0 Å². The van der Waals surface area contributed by atoms with Gasteiger partial charge in [0.2, 0.25) is 21.9 Å². The van der Waals surface area contributed by atoms with Crippen LogP contribution < -0.4 is 15.0 Å². The van der Waals surface area contributed by atoms with E-state index in [1.165, 1.54) is 14.2 Å². The fourth-order valence-corrected chi connectivity index (χ4v) is 1.66. The minimum absolute atomic E-state index is 0.0379. The molecule has 0 aliphatic carbocycles. The van der Waals surface area contributed by atoms with E-state index in [0.717, 1.165) is 10.6 Å². The maximum atomic E-state index is 11.7. The smallest absolute Gasteiger partial charge is 0.321 e. The van der Waals surface area contributed by atoms with Crippen molar-refractivity contribution in [3.05, 3.63) is 5.82 Å². The number of ether oxygens (including phenoxy) is 1. The highest BCUT2D eigenvalue weighted by Crippen LogP contribution is 2.09. The van der Waals surface area contributed by atoms with E-state index in [2.05, 4.69) is 20.3 Å². The second-order valence-electron chi connectivity index (χ2n) is 4.73. The van der Waals surface area contributed by atoms with E-state index in [0.29, 0.717) is 11.8 Å². The van der Waals surface area contributed by atoms with E-state index >= 15 is 0 Å². The van der Waals surface area contributed by atoms with Gasteiger partial charge in [0, 0.05) is 21.1 Å². The van der Waals surface area contributed by atoms with Gasteiger partial charge in [0.15, 0.2) is 5.82 Å². The fraction of sp³-hybridized carbons (Fsp3) is 0.636. The second-order valence-corrected chi connectivity index (χ2v) is 6.82. The molecule has 0 aliphatic heterocycles. The van der Waals surface area contributed by atoms with Crippen molar-refractivity contribution in [3.8, 4) is 6.01 Å². The van der Waals surface area contributed by atoms with Gasteiger partial charge in [0.1, 0.15) is 0 Å². The Hall–Kier alpha value is -2.01. The molecule has 0 bridgehead atoms. The third-order valence-electron chi connectivity index (χ3n) is 2.61. The van der Waals surface area contributed by atoms with Crippen LogP contribution in [-0.2, 0) is 21.4 Å². The average Bonchev–Trinajstić information content (AvgIpc) is 2.43. The van der Waals surface area contributed by atoms with Gasteiger partial charge in [0.25, 0.3) is 0 Å². The molecule has 0 radical (unpaired) electrons. The minimum atomic E-state index is -3.40. The van der Waals surface area contributed by atoms with Gasteiger partial charge in [0.05, 0.1) is 26.5 Å². The highest BCUT2D eigenvalue weighted by Gasteiger charge is 2.15. The topological polar surface area (TPSA) is 118 Å². The lowest BCUT2D eigenvalue weighted by Crippen LogP contribution is -2.37. The Labute approximate surface area is 129 Å². The van der Waals surface area contributed by atoms with Gasteiger partial charge in [-0.15, -0.1) is 0 Å². The predicted octanol–water partition coefficient (Wildman–Crippen LogP) is -1.55. The maximum absolute atomic E-state index is 11.7. The molecular formula is C11H20N6O4S. The monoisotopic (exact) mass is 332 g/mol. The Kier molecular flexibility index (Phi) is 6.00. The normalized spacial score (nSPS) is 11.4. The number of likely N-dealkylation sites (N-methyl/N-ethyl adjacent to an activating group) is 1. The summed E-state index contributed by atoms with van der Waals surface area (Å²) in [6.07, 6.45) is 1.03. The van der Waals surface area contributed by atoms with Gasteiger partial charge < -0.3 is 15.0 Å². The van der Waals surface area contributed by atoms with Crippen molar-refractivity contribution in [2.45, 2.75) is 6.54 Å². The Balaban J connectivity index is 2.71. The quantitative estimate of drug-likeness (QED) is 0.638. The van der Waals surface area contributed by atoms with Gasteiger partial charge in [-0.3, -0.25) is 4.79 Å². The molecule has 1 N–H and O–H groups in total. The number of anilines is 1. The van der Waals surface area contributed by atoms with E-state index in [9.17, 15) is 13.2 Å². The van der Waals surface area contributed by atoms with Crippen LogP contribution in [0.2, 0.25) is 0 Å². The second kappa shape index (κ2) is 7.31. The highest BCUT2D eigenvalue weighted by molar-refractivity contribution is 7.88. The summed E-state index contributed by atoms with van der Waals surface area (Å²) in [7, 11) is 2.87. The average molecular weight is 332 g/mol. The molecule has 10 nitrogen and oxygen atoms in total. The van der Waals surface area contributed by atoms with E-state index in [-0.39, 0.29) is 19.1 Å². The molecule has 0 aromatic carbocycles. The number of aromatic nitrogens is 3. The predicted molar refractivity (Wildman–Crippen MR) is 80.0 cm³/mol. The molecule has 1 aromatic rings. The van der Waals surface area contributed by atoms with Crippen LogP contribution >= 0.6 is 0 Å². The SMILES string of the molecule is COc1nc(CNC(=O)CN(C)S(C)(=O)=O)nc(N(C)C)n1. The Morgan fingerprint density at radius 2 is 1.86 bits per heavy atom. The number of hydrogen-bond acceptors (Lipinski definition) is 8. The van der Waals surface area contributed by atoms with E-state index < -0.39 is 15.9 Å². The molecule has 11 heteroatoms. The molecule has 0 saturated heterocycles. The van der Waals surface area contributed by atoms with Gasteiger partial charge >= 0.3 is 6.01 Å². The molecule has 22 heavy (non-hydrogen) atoms. The lowest BCUT2D eigenvalue weighted by molar-refractivity contribution is -0.121. The molecule has 0 spiro atoms. The van der Waals surface area contributed by atoms with Crippen LogP contribution in [0.3, 0.4) is 0 Å². The molecule has 0 unspecified atom stereocenters. The molecule has 0 aliphatic rings. The van der Waals surface area contributed by atoms with Crippen LogP contribution in [0.15, 0.2) is 0 Å². The van der Waals surface area contributed by atoms with Gasteiger partial charge in [-0.1, -0.05) is 0 Å². The Morgan fingerprint density at radius 3 is 2.36 bits per heavy atom. The summed E-state index contributed by atoms with van der Waals surface area (Å²) in [6, 6.07) is 0.135. The first-order valence-electron chi connectivity index (χ1n) is 6.27. The van der Waals surface area contributed by atoms with Gasteiger partial charge in [-0.05, 0) is 0 Å². The first kappa shape index (κ1) is 18.0. The molecule has 124 valence electrons. The minimum Gasteiger partial charge on any atom is -0.467 e. The number of nitrogens with zero attached hydrogens (tertiary/aromatic N) is 5. The number of amides is 1. The zero-order valence-corrected chi connectivity index (χ0v) is 14.0. The molecule has 0 saturated carbocycles. The van der Waals surface area contributed by atoms with Crippen LogP contribution in [0.4, 0.5) is 5.95 Å². The van der Waals surface area contributed by atoms with Gasteiger partial charge in [-0.2, -0.15) is 19.3 Å². The lowest BCUT2D eigenvalue weighted by Gasteiger charge is -2.14. The Morgan fingerprint density at radius 1 is 1.23 bits per heavy atom. The fourth-order valence-electron chi connectivity index (χ4n) is 1.31.